The van der Waals surface area contributed by atoms with E-state index in [1.165, 1.54) is 0 Å². The summed E-state index contributed by atoms with van der Waals surface area (Å²) in [6.07, 6.45) is 2.19. The normalized spacial score (nSPS) is 23.2. The maximum Gasteiger partial charge on any atom is 0.243 e. The van der Waals surface area contributed by atoms with Crippen molar-refractivity contribution >= 4 is 10.0 Å². The molecule has 2 atom stereocenters. The smallest absolute Gasteiger partial charge is 0.243 e. The molecule has 1 aliphatic rings. The van der Waals surface area contributed by atoms with Gasteiger partial charge in [-0.2, -0.15) is 0 Å². The minimum Gasteiger partial charge on any atom is -0.330 e. The van der Waals surface area contributed by atoms with Crippen LogP contribution in [0.1, 0.15) is 19.3 Å². The first kappa shape index (κ1) is 15.3. The number of hydrogen-bond donors (Lipinski definition) is 2. The third-order valence-corrected chi connectivity index (χ3v) is 5.04. The zero-order valence-electron chi connectivity index (χ0n) is 10.6. The number of nitrogens with two attached hydrogens (primary N) is 1. The highest BCUT2D eigenvalue weighted by Gasteiger charge is 2.32. The molecule has 0 saturated heterocycles. The van der Waals surface area contributed by atoms with Crippen LogP contribution in [0, 0.1) is 23.4 Å². The van der Waals surface area contributed by atoms with E-state index in [2.05, 4.69) is 4.72 Å². The number of hydrogen-bond acceptors (Lipinski definition) is 3. The molecule has 1 aliphatic carbocycles. The van der Waals surface area contributed by atoms with Crippen LogP contribution in [0.4, 0.5) is 13.2 Å². The topological polar surface area (TPSA) is 72.2 Å². The van der Waals surface area contributed by atoms with Crippen LogP contribution in [0.5, 0.6) is 0 Å². The Bertz CT molecular complexity index is 607. The minimum atomic E-state index is -4.24. The molecular weight excluding hydrogens is 293 g/mol. The van der Waals surface area contributed by atoms with Crippen molar-refractivity contribution in [3.63, 3.8) is 0 Å². The summed E-state index contributed by atoms with van der Waals surface area (Å²) in [7, 11) is -4.24. The highest BCUT2D eigenvalue weighted by atomic mass is 32.2. The zero-order chi connectivity index (χ0) is 14.9. The molecule has 1 fully saturated rings. The summed E-state index contributed by atoms with van der Waals surface area (Å²) in [6.45, 7) is 0.313. The van der Waals surface area contributed by atoms with E-state index in [0.29, 0.717) is 19.0 Å². The van der Waals surface area contributed by atoms with E-state index in [4.69, 9.17) is 5.73 Å². The van der Waals surface area contributed by atoms with Gasteiger partial charge in [0.05, 0.1) is 0 Å². The van der Waals surface area contributed by atoms with Gasteiger partial charge in [0.1, 0.15) is 10.7 Å². The molecule has 0 bridgehead atoms. The van der Waals surface area contributed by atoms with E-state index in [0.717, 1.165) is 12.8 Å². The Kier molecular flexibility index (Phi) is 4.36. The molecule has 20 heavy (non-hydrogen) atoms. The number of nitrogens with one attached hydrogen (secondary N) is 1. The fraction of sp³-hybridized carbons (Fsp3) is 0.500. The van der Waals surface area contributed by atoms with Gasteiger partial charge in [-0.05, 0) is 31.4 Å². The fourth-order valence-corrected chi connectivity index (χ4v) is 3.86. The average molecular weight is 308 g/mol. The molecule has 0 unspecified atom stereocenters. The molecule has 112 valence electrons. The lowest BCUT2D eigenvalue weighted by Crippen LogP contribution is -2.40. The Balaban J connectivity index is 2.29. The highest BCUT2D eigenvalue weighted by Crippen LogP contribution is 2.27. The van der Waals surface area contributed by atoms with Gasteiger partial charge in [-0.3, -0.25) is 0 Å². The van der Waals surface area contributed by atoms with Gasteiger partial charge in [0, 0.05) is 12.1 Å². The lowest BCUT2D eigenvalue weighted by atomic mass is 10.1. The molecule has 0 aromatic heterocycles. The largest absolute Gasteiger partial charge is 0.330 e. The van der Waals surface area contributed by atoms with Crippen LogP contribution in [-0.4, -0.2) is 21.0 Å². The van der Waals surface area contributed by atoms with E-state index in [9.17, 15) is 21.6 Å². The first-order valence-electron chi connectivity index (χ1n) is 6.22. The molecule has 4 nitrogen and oxygen atoms in total. The van der Waals surface area contributed by atoms with Crippen LogP contribution in [0.15, 0.2) is 17.0 Å². The van der Waals surface area contributed by atoms with Gasteiger partial charge >= 0.3 is 0 Å². The Hall–Kier alpha value is -1.12. The van der Waals surface area contributed by atoms with Crippen molar-refractivity contribution in [2.45, 2.75) is 30.2 Å². The van der Waals surface area contributed by atoms with Gasteiger partial charge in [-0.1, -0.05) is 6.42 Å². The summed E-state index contributed by atoms with van der Waals surface area (Å²) in [5, 5.41) is 0. The summed E-state index contributed by atoms with van der Waals surface area (Å²) in [5.41, 5.74) is 5.54. The molecule has 0 radical (unpaired) electrons. The summed E-state index contributed by atoms with van der Waals surface area (Å²) in [4.78, 5) is -0.890. The van der Waals surface area contributed by atoms with Crippen molar-refractivity contribution in [1.82, 2.24) is 4.72 Å². The summed E-state index contributed by atoms with van der Waals surface area (Å²) in [6, 6.07) is 0.163. The number of sulfonamides is 1. The van der Waals surface area contributed by atoms with Gasteiger partial charge in [-0.25, -0.2) is 26.3 Å². The van der Waals surface area contributed by atoms with Crippen molar-refractivity contribution in [1.29, 1.82) is 0 Å². The van der Waals surface area contributed by atoms with E-state index < -0.39 is 38.4 Å². The van der Waals surface area contributed by atoms with E-state index in [-0.39, 0.29) is 12.0 Å². The third-order valence-electron chi connectivity index (χ3n) is 3.53. The second-order valence-electron chi connectivity index (χ2n) is 4.85. The average Bonchev–Trinajstić information content (AvgIpc) is 2.80. The SMILES string of the molecule is NC[C@@H]1CCC[C@@H]1NS(=O)(=O)c1cc(F)c(F)cc1F. The number of halogens is 3. The van der Waals surface area contributed by atoms with Gasteiger partial charge in [0.25, 0.3) is 0 Å². The van der Waals surface area contributed by atoms with E-state index in [1.807, 2.05) is 0 Å². The molecule has 8 heteroatoms. The summed E-state index contributed by atoms with van der Waals surface area (Å²) in [5.74, 6) is -4.19. The van der Waals surface area contributed by atoms with Crippen LogP contribution in [0.25, 0.3) is 0 Å². The molecule has 1 saturated carbocycles. The van der Waals surface area contributed by atoms with Gasteiger partial charge in [0.2, 0.25) is 10.0 Å². The van der Waals surface area contributed by atoms with Gasteiger partial charge in [-0.15, -0.1) is 0 Å². The predicted octanol–water partition coefficient (Wildman–Crippen LogP) is 1.51. The molecule has 0 amide bonds. The Labute approximate surface area is 115 Å². The molecule has 0 heterocycles. The second-order valence-corrected chi connectivity index (χ2v) is 6.53. The second kappa shape index (κ2) is 5.71. The first-order valence-corrected chi connectivity index (χ1v) is 7.70. The van der Waals surface area contributed by atoms with Crippen molar-refractivity contribution in [2.24, 2.45) is 11.7 Å². The van der Waals surface area contributed by atoms with Crippen LogP contribution in [0.3, 0.4) is 0 Å². The van der Waals surface area contributed by atoms with E-state index >= 15 is 0 Å². The molecule has 0 spiro atoms. The van der Waals surface area contributed by atoms with Gasteiger partial charge < -0.3 is 5.73 Å². The minimum absolute atomic E-state index is 0.0295. The van der Waals surface area contributed by atoms with Crippen LogP contribution in [0.2, 0.25) is 0 Å². The summed E-state index contributed by atoms with van der Waals surface area (Å²) < 4.78 is 65.9. The van der Waals surface area contributed by atoms with E-state index in [1.54, 1.807) is 0 Å². The number of benzene rings is 1. The third kappa shape index (κ3) is 2.97. The molecule has 2 rings (SSSR count). The van der Waals surface area contributed by atoms with Gasteiger partial charge in [0.15, 0.2) is 11.6 Å². The van der Waals surface area contributed by atoms with Crippen molar-refractivity contribution in [2.75, 3.05) is 6.54 Å². The van der Waals surface area contributed by atoms with Crippen molar-refractivity contribution in [3.05, 3.63) is 29.6 Å². The highest BCUT2D eigenvalue weighted by molar-refractivity contribution is 7.89. The van der Waals surface area contributed by atoms with Crippen LogP contribution in [-0.2, 0) is 10.0 Å². The Morgan fingerprint density at radius 1 is 1.15 bits per heavy atom. The summed E-state index contributed by atoms with van der Waals surface area (Å²) >= 11 is 0. The van der Waals surface area contributed by atoms with Crippen LogP contribution < -0.4 is 10.5 Å². The number of rotatable bonds is 4. The van der Waals surface area contributed by atoms with Crippen molar-refractivity contribution < 1.29 is 21.6 Å². The fourth-order valence-electron chi connectivity index (χ4n) is 2.45. The zero-order valence-corrected chi connectivity index (χ0v) is 11.4. The molecular formula is C12H15F3N2O2S. The Morgan fingerprint density at radius 2 is 1.80 bits per heavy atom. The molecule has 0 aliphatic heterocycles. The monoisotopic (exact) mass is 308 g/mol. The maximum atomic E-state index is 13.5. The first-order chi connectivity index (χ1) is 9.35. The van der Waals surface area contributed by atoms with Crippen LogP contribution >= 0.6 is 0 Å². The standard InChI is InChI=1S/C12H15F3N2O2S/c13-8-4-10(15)12(5-9(8)14)20(18,19)17-11-3-1-2-7(11)6-16/h4-5,7,11,17H,1-3,6,16H2/t7-,11-/m0/s1. The molecule has 3 N–H and O–H groups in total. The maximum absolute atomic E-state index is 13.5. The lowest BCUT2D eigenvalue weighted by Gasteiger charge is -2.19. The predicted molar refractivity (Wildman–Crippen MR) is 66.8 cm³/mol. The molecule has 1 aromatic rings. The molecule has 1 aromatic carbocycles. The van der Waals surface area contributed by atoms with Crippen molar-refractivity contribution in [3.8, 4) is 0 Å². The Morgan fingerprint density at radius 3 is 2.45 bits per heavy atom. The quantitative estimate of drug-likeness (QED) is 0.828. The lowest BCUT2D eigenvalue weighted by molar-refractivity contribution is 0.448.